The summed E-state index contributed by atoms with van der Waals surface area (Å²) in [5.41, 5.74) is 3.58. The molecule has 0 bridgehead atoms. The summed E-state index contributed by atoms with van der Waals surface area (Å²) in [5.74, 6) is -1.63. The number of carbonyl (C=O) groups is 3. The maximum Gasteiger partial charge on any atom is 0.278 e. The van der Waals surface area contributed by atoms with Crippen LogP contribution in [0.4, 0.5) is 15.8 Å². The van der Waals surface area contributed by atoms with Gasteiger partial charge in [-0.15, -0.1) is 0 Å². The van der Waals surface area contributed by atoms with Crippen molar-refractivity contribution in [3.63, 3.8) is 0 Å². The molecule has 0 spiro atoms. The van der Waals surface area contributed by atoms with Gasteiger partial charge in [0, 0.05) is 18.3 Å². The zero-order valence-corrected chi connectivity index (χ0v) is 18.2. The van der Waals surface area contributed by atoms with Crippen LogP contribution in [0.15, 0.2) is 78.5 Å². The van der Waals surface area contributed by atoms with Crippen LogP contribution in [0.1, 0.15) is 23.6 Å². The molecule has 4 rings (SSSR count). The predicted octanol–water partition coefficient (Wildman–Crippen LogP) is 4.48. The summed E-state index contributed by atoms with van der Waals surface area (Å²) in [6.45, 7) is 3.47. The SMILES string of the molecule is CC(=O)Nc1ccc(C2=C(Nc3cccc(F)c3)C(=O)N(Cc3ccc(C)cc3)C2=O)cc1. The molecule has 33 heavy (non-hydrogen) atoms. The normalized spacial score (nSPS) is 13.5. The van der Waals surface area contributed by atoms with Crippen molar-refractivity contribution in [1.82, 2.24) is 4.90 Å². The van der Waals surface area contributed by atoms with Gasteiger partial charge in [-0.2, -0.15) is 0 Å². The number of aryl methyl sites for hydroxylation is 1. The fraction of sp³-hybridized carbons (Fsp3) is 0.115. The molecule has 0 aliphatic carbocycles. The number of hydrogen-bond donors (Lipinski definition) is 2. The van der Waals surface area contributed by atoms with Gasteiger partial charge in [0.05, 0.1) is 12.1 Å². The van der Waals surface area contributed by atoms with Gasteiger partial charge < -0.3 is 10.6 Å². The number of anilines is 2. The van der Waals surface area contributed by atoms with E-state index in [1.165, 1.54) is 30.0 Å². The third kappa shape index (κ3) is 4.82. The lowest BCUT2D eigenvalue weighted by Crippen LogP contribution is -2.32. The zero-order valence-electron chi connectivity index (χ0n) is 18.2. The first-order chi connectivity index (χ1) is 15.8. The Morgan fingerprint density at radius 3 is 2.24 bits per heavy atom. The number of imide groups is 1. The Bertz CT molecular complexity index is 1260. The van der Waals surface area contributed by atoms with Crippen molar-refractivity contribution in [2.45, 2.75) is 20.4 Å². The van der Waals surface area contributed by atoms with Crippen molar-refractivity contribution >= 4 is 34.7 Å². The lowest BCUT2D eigenvalue weighted by Gasteiger charge is -2.15. The Balaban J connectivity index is 1.71. The molecule has 3 aromatic rings. The summed E-state index contributed by atoms with van der Waals surface area (Å²) in [5, 5.41) is 5.61. The Kier molecular flexibility index (Phi) is 6.04. The fourth-order valence-corrected chi connectivity index (χ4v) is 3.61. The molecule has 0 radical (unpaired) electrons. The number of halogens is 1. The number of nitrogens with zero attached hydrogens (tertiary/aromatic N) is 1. The molecule has 0 atom stereocenters. The third-order valence-electron chi connectivity index (χ3n) is 5.22. The van der Waals surface area contributed by atoms with Gasteiger partial charge in [0.15, 0.2) is 0 Å². The van der Waals surface area contributed by atoms with Crippen LogP contribution in [0.5, 0.6) is 0 Å². The molecule has 0 saturated carbocycles. The molecule has 0 unspecified atom stereocenters. The third-order valence-corrected chi connectivity index (χ3v) is 5.22. The molecule has 7 heteroatoms. The van der Waals surface area contributed by atoms with Crippen LogP contribution in [0, 0.1) is 12.7 Å². The molecule has 3 amide bonds. The quantitative estimate of drug-likeness (QED) is 0.551. The van der Waals surface area contributed by atoms with E-state index >= 15 is 0 Å². The van der Waals surface area contributed by atoms with Crippen molar-refractivity contribution < 1.29 is 18.8 Å². The van der Waals surface area contributed by atoms with Crippen LogP contribution < -0.4 is 10.6 Å². The Hall–Kier alpha value is -4.26. The highest BCUT2D eigenvalue weighted by molar-refractivity contribution is 6.36. The molecular weight excluding hydrogens is 421 g/mol. The van der Waals surface area contributed by atoms with Crippen molar-refractivity contribution in [2.75, 3.05) is 10.6 Å². The first-order valence-electron chi connectivity index (χ1n) is 10.4. The van der Waals surface area contributed by atoms with E-state index in [2.05, 4.69) is 10.6 Å². The van der Waals surface area contributed by atoms with E-state index in [4.69, 9.17) is 0 Å². The molecule has 1 aliphatic heterocycles. The first kappa shape index (κ1) is 22.0. The summed E-state index contributed by atoms with van der Waals surface area (Å²) in [7, 11) is 0. The smallest absolute Gasteiger partial charge is 0.278 e. The summed E-state index contributed by atoms with van der Waals surface area (Å²) >= 11 is 0. The van der Waals surface area contributed by atoms with Crippen molar-refractivity contribution in [2.24, 2.45) is 0 Å². The fourth-order valence-electron chi connectivity index (χ4n) is 3.61. The van der Waals surface area contributed by atoms with Crippen LogP contribution in [0.2, 0.25) is 0 Å². The molecule has 166 valence electrons. The van der Waals surface area contributed by atoms with E-state index < -0.39 is 17.6 Å². The van der Waals surface area contributed by atoms with E-state index in [1.807, 2.05) is 31.2 Å². The minimum Gasteiger partial charge on any atom is -0.350 e. The van der Waals surface area contributed by atoms with Crippen LogP contribution in [-0.2, 0) is 20.9 Å². The first-order valence-corrected chi connectivity index (χ1v) is 10.4. The minimum atomic E-state index is -0.495. The van der Waals surface area contributed by atoms with Crippen LogP contribution in [0.25, 0.3) is 5.57 Å². The van der Waals surface area contributed by atoms with Gasteiger partial charge in [-0.1, -0.05) is 48.0 Å². The lowest BCUT2D eigenvalue weighted by atomic mass is 10.0. The molecule has 0 fully saturated rings. The topological polar surface area (TPSA) is 78.5 Å². The Morgan fingerprint density at radius 2 is 1.61 bits per heavy atom. The van der Waals surface area contributed by atoms with Gasteiger partial charge in [0.1, 0.15) is 11.5 Å². The van der Waals surface area contributed by atoms with Crippen LogP contribution >= 0.6 is 0 Å². The highest BCUT2D eigenvalue weighted by Gasteiger charge is 2.39. The van der Waals surface area contributed by atoms with Crippen molar-refractivity contribution in [3.8, 4) is 0 Å². The highest BCUT2D eigenvalue weighted by atomic mass is 19.1. The van der Waals surface area contributed by atoms with Gasteiger partial charge in [-0.3, -0.25) is 19.3 Å². The number of amides is 3. The van der Waals surface area contributed by atoms with Gasteiger partial charge in [0.25, 0.3) is 11.8 Å². The molecular formula is C26H22FN3O3. The molecule has 3 aromatic carbocycles. The number of carbonyl (C=O) groups excluding carboxylic acids is 3. The average Bonchev–Trinajstić information content (AvgIpc) is 3.00. The van der Waals surface area contributed by atoms with Gasteiger partial charge in [-0.25, -0.2) is 4.39 Å². The van der Waals surface area contributed by atoms with E-state index in [0.717, 1.165) is 11.1 Å². The summed E-state index contributed by atoms with van der Waals surface area (Å²) < 4.78 is 13.7. The van der Waals surface area contributed by atoms with E-state index in [1.54, 1.807) is 30.3 Å². The molecule has 0 saturated heterocycles. The largest absolute Gasteiger partial charge is 0.350 e. The molecule has 6 nitrogen and oxygen atoms in total. The van der Waals surface area contributed by atoms with E-state index in [-0.39, 0.29) is 23.7 Å². The maximum absolute atomic E-state index is 13.7. The number of hydrogen-bond acceptors (Lipinski definition) is 4. The monoisotopic (exact) mass is 443 g/mol. The molecule has 1 heterocycles. The molecule has 1 aliphatic rings. The summed E-state index contributed by atoms with van der Waals surface area (Å²) in [6.07, 6.45) is 0. The number of benzene rings is 3. The standard InChI is InChI=1S/C26H22FN3O3/c1-16-6-8-18(9-7-16)15-30-25(32)23(19-10-12-21(13-11-19)28-17(2)31)24(26(30)33)29-22-5-3-4-20(27)14-22/h3-14,29H,15H2,1-2H3,(H,28,31). The van der Waals surface area contributed by atoms with Crippen LogP contribution in [0.3, 0.4) is 0 Å². The number of nitrogens with one attached hydrogen (secondary N) is 2. The number of rotatable bonds is 6. The predicted molar refractivity (Wildman–Crippen MR) is 124 cm³/mol. The second kappa shape index (κ2) is 9.08. The van der Waals surface area contributed by atoms with Gasteiger partial charge in [0.2, 0.25) is 5.91 Å². The summed E-state index contributed by atoms with van der Waals surface area (Å²) in [4.78, 5) is 39.2. The van der Waals surface area contributed by atoms with Crippen molar-refractivity contribution in [1.29, 1.82) is 0 Å². The van der Waals surface area contributed by atoms with Gasteiger partial charge >= 0.3 is 0 Å². The average molecular weight is 443 g/mol. The Morgan fingerprint density at radius 1 is 0.909 bits per heavy atom. The maximum atomic E-state index is 13.7. The van der Waals surface area contributed by atoms with Crippen molar-refractivity contribution in [3.05, 3.63) is 101 Å². The minimum absolute atomic E-state index is 0.0741. The van der Waals surface area contributed by atoms with E-state index in [9.17, 15) is 18.8 Å². The molecule has 2 N–H and O–H groups in total. The summed E-state index contributed by atoms with van der Waals surface area (Å²) in [6, 6.07) is 19.9. The molecule has 0 aromatic heterocycles. The second-order valence-electron chi connectivity index (χ2n) is 7.83. The zero-order chi connectivity index (χ0) is 23.5. The lowest BCUT2D eigenvalue weighted by molar-refractivity contribution is -0.137. The van der Waals surface area contributed by atoms with Gasteiger partial charge in [-0.05, 0) is 48.4 Å². The van der Waals surface area contributed by atoms with E-state index in [0.29, 0.717) is 16.9 Å². The van der Waals surface area contributed by atoms with Crippen LogP contribution in [-0.4, -0.2) is 22.6 Å². The highest BCUT2D eigenvalue weighted by Crippen LogP contribution is 2.32. The second-order valence-corrected chi connectivity index (χ2v) is 7.83. The Labute approximate surface area is 190 Å².